The van der Waals surface area contributed by atoms with Gasteiger partial charge in [-0.1, -0.05) is 32.4 Å². The van der Waals surface area contributed by atoms with Crippen molar-refractivity contribution in [1.82, 2.24) is 0 Å². The minimum atomic E-state index is -1.06. The molecule has 0 aromatic carbocycles. The Bertz CT molecular complexity index is 1060. The molecule has 2 saturated carbocycles. The minimum absolute atomic E-state index is 0. The van der Waals surface area contributed by atoms with Gasteiger partial charge in [0.05, 0.1) is 25.4 Å². The van der Waals surface area contributed by atoms with E-state index in [0.717, 1.165) is 57.8 Å². The van der Waals surface area contributed by atoms with Crippen LogP contribution in [0.1, 0.15) is 98.3 Å². The average Bonchev–Trinajstić information content (AvgIpc) is 3.74. The van der Waals surface area contributed by atoms with Crippen LogP contribution in [0.3, 0.4) is 0 Å². The molecule has 2 unspecified atom stereocenters. The third-order valence-electron chi connectivity index (χ3n) is 10.8. The van der Waals surface area contributed by atoms with Gasteiger partial charge >= 0.3 is 0 Å². The topological polar surface area (TPSA) is 155 Å². The molecule has 12 heteroatoms. The zero-order chi connectivity index (χ0) is 33.4. The number of aliphatic hydroxyl groups is 4. The van der Waals surface area contributed by atoms with Crippen molar-refractivity contribution < 1.29 is 58.3 Å². The van der Waals surface area contributed by atoms with E-state index >= 15 is 0 Å². The standard InChI is InChI=1S/C19H30O6.C16H26O6.CH4/c1-4-8-12-14(20)16-17(25-19(24-16)9-6-5-7-10-19)15(22-12)13-11-21-18(2,3)23-13;1-2-6-11-12(19)14-15(13(20-11)10(18)9-17)22-16(21-14)7-4-3-5-8-16;/h4,12-17,20H,1,5-11H2,2-3H3;2,10-15,17-19H,1,3-9H2;1H4/t12-,13+,14-,15-,16-,17?;10-,11+,12+,13+,14+,15?;/m01./s1. The molecule has 48 heavy (non-hydrogen) atoms. The van der Waals surface area contributed by atoms with Gasteiger partial charge in [-0.3, -0.25) is 0 Å². The van der Waals surface area contributed by atoms with Crippen molar-refractivity contribution in [3.8, 4) is 0 Å². The second-order valence-corrected chi connectivity index (χ2v) is 14.7. The van der Waals surface area contributed by atoms with Crippen LogP contribution in [0, 0.1) is 0 Å². The lowest BCUT2D eigenvalue weighted by Gasteiger charge is -2.41. The van der Waals surface area contributed by atoms with Gasteiger partial charge in [0.15, 0.2) is 17.4 Å². The van der Waals surface area contributed by atoms with Gasteiger partial charge in [0.25, 0.3) is 0 Å². The lowest BCUT2D eigenvalue weighted by atomic mass is 9.91. The monoisotopic (exact) mass is 684 g/mol. The Balaban J connectivity index is 0.000000186. The van der Waals surface area contributed by atoms with E-state index in [-0.39, 0.29) is 31.8 Å². The molecule has 5 saturated heterocycles. The second kappa shape index (κ2) is 15.7. The van der Waals surface area contributed by atoms with E-state index in [9.17, 15) is 20.4 Å². The Labute approximate surface area is 285 Å². The molecule has 12 nitrogen and oxygen atoms in total. The first-order valence-corrected chi connectivity index (χ1v) is 17.7. The fourth-order valence-corrected chi connectivity index (χ4v) is 8.46. The highest BCUT2D eigenvalue weighted by Crippen LogP contribution is 2.48. The zero-order valence-corrected chi connectivity index (χ0v) is 28.0. The molecule has 7 rings (SSSR count). The number of rotatable bonds is 7. The van der Waals surface area contributed by atoms with Gasteiger partial charge in [0.2, 0.25) is 0 Å². The fraction of sp³-hybridized carbons (Fsp3) is 0.889. The van der Waals surface area contributed by atoms with Crippen molar-refractivity contribution in [2.24, 2.45) is 0 Å². The van der Waals surface area contributed by atoms with Crippen molar-refractivity contribution in [3.63, 3.8) is 0 Å². The van der Waals surface area contributed by atoms with Crippen LogP contribution in [0.5, 0.6) is 0 Å². The summed E-state index contributed by atoms with van der Waals surface area (Å²) in [6, 6.07) is 0. The molecule has 0 amide bonds. The number of fused-ring (bicyclic) bond motifs is 2. The third kappa shape index (κ3) is 7.75. The van der Waals surface area contributed by atoms with Crippen molar-refractivity contribution in [1.29, 1.82) is 0 Å². The van der Waals surface area contributed by atoms with E-state index in [2.05, 4.69) is 13.2 Å². The highest BCUT2D eigenvalue weighted by Gasteiger charge is 2.61. The molecule has 2 aliphatic carbocycles. The molecule has 276 valence electrons. The number of ether oxygens (including phenoxy) is 8. The molecule has 5 heterocycles. The lowest BCUT2D eigenvalue weighted by molar-refractivity contribution is -0.227. The maximum absolute atomic E-state index is 10.8. The molecule has 7 fully saturated rings. The van der Waals surface area contributed by atoms with E-state index in [0.29, 0.717) is 19.4 Å². The SMILES string of the molecule is C.C=CC[C@@H]1O[C@@H]([C@H](O)CO)C2OC3(CCCCC3)O[C@H]2[C@H]1O.C=CC[C@@H]1O[C@@H]([C@H]2COC(C)(C)O2)C2OC3(CCCCC3)O[C@H]2[C@H]1O. The van der Waals surface area contributed by atoms with E-state index in [1.54, 1.807) is 12.2 Å². The molecule has 7 aliphatic rings. The molecule has 0 radical (unpaired) electrons. The zero-order valence-electron chi connectivity index (χ0n) is 28.0. The Kier molecular flexibility index (Phi) is 12.5. The van der Waals surface area contributed by atoms with Gasteiger partial charge in [0, 0.05) is 25.7 Å². The van der Waals surface area contributed by atoms with E-state index in [1.165, 1.54) is 6.42 Å². The van der Waals surface area contributed by atoms with Crippen LogP contribution in [-0.2, 0) is 37.9 Å². The summed E-state index contributed by atoms with van der Waals surface area (Å²) < 4.78 is 48.8. The number of aliphatic hydroxyl groups excluding tert-OH is 4. The van der Waals surface area contributed by atoms with E-state index < -0.39 is 72.8 Å². The molecule has 0 aromatic heterocycles. The van der Waals surface area contributed by atoms with Gasteiger partial charge in [-0.2, -0.15) is 0 Å². The molecule has 0 bridgehead atoms. The van der Waals surface area contributed by atoms with Crippen LogP contribution < -0.4 is 0 Å². The summed E-state index contributed by atoms with van der Waals surface area (Å²) in [6.45, 7) is 11.3. The summed E-state index contributed by atoms with van der Waals surface area (Å²) in [5.74, 6) is -1.88. The summed E-state index contributed by atoms with van der Waals surface area (Å²) >= 11 is 0. The quantitative estimate of drug-likeness (QED) is 0.291. The molecule has 4 N–H and O–H groups in total. The van der Waals surface area contributed by atoms with Gasteiger partial charge in [-0.15, -0.1) is 13.2 Å². The summed E-state index contributed by atoms with van der Waals surface area (Å²) in [7, 11) is 0. The minimum Gasteiger partial charge on any atom is -0.394 e. The summed E-state index contributed by atoms with van der Waals surface area (Å²) in [6.07, 6.45) is 7.83. The largest absolute Gasteiger partial charge is 0.394 e. The maximum atomic E-state index is 10.8. The highest BCUT2D eigenvalue weighted by molar-refractivity contribution is 5.05. The normalized spacial score (nSPS) is 42.9. The maximum Gasteiger partial charge on any atom is 0.169 e. The van der Waals surface area contributed by atoms with E-state index in [1.807, 2.05) is 13.8 Å². The Morgan fingerprint density at radius 3 is 1.65 bits per heavy atom. The van der Waals surface area contributed by atoms with Gasteiger partial charge in [0.1, 0.15) is 61.0 Å². The first-order valence-electron chi connectivity index (χ1n) is 17.7. The molecular formula is C36H60O12. The van der Waals surface area contributed by atoms with Crippen molar-refractivity contribution in [2.45, 2.75) is 189 Å². The summed E-state index contributed by atoms with van der Waals surface area (Å²) in [5.41, 5.74) is 0. The van der Waals surface area contributed by atoms with Crippen LogP contribution >= 0.6 is 0 Å². The predicted molar refractivity (Wildman–Crippen MR) is 175 cm³/mol. The number of hydrogen-bond donors (Lipinski definition) is 4. The lowest BCUT2D eigenvalue weighted by Crippen LogP contribution is -2.59. The van der Waals surface area contributed by atoms with Gasteiger partial charge in [-0.05, 0) is 52.4 Å². The number of hydrogen-bond acceptors (Lipinski definition) is 12. The van der Waals surface area contributed by atoms with Crippen LogP contribution in [0.25, 0.3) is 0 Å². The van der Waals surface area contributed by atoms with Crippen molar-refractivity contribution in [2.75, 3.05) is 13.2 Å². The molecule has 5 aliphatic heterocycles. The van der Waals surface area contributed by atoms with Crippen LogP contribution in [0.4, 0.5) is 0 Å². The van der Waals surface area contributed by atoms with Crippen LogP contribution in [0.15, 0.2) is 25.3 Å². The van der Waals surface area contributed by atoms with Crippen LogP contribution in [0.2, 0.25) is 0 Å². The Hall–Kier alpha value is -1.00. The van der Waals surface area contributed by atoms with Crippen molar-refractivity contribution in [3.05, 3.63) is 25.3 Å². The molecular weight excluding hydrogens is 624 g/mol. The van der Waals surface area contributed by atoms with E-state index in [4.69, 9.17) is 37.9 Å². The summed E-state index contributed by atoms with van der Waals surface area (Å²) in [4.78, 5) is 0. The highest BCUT2D eigenvalue weighted by atomic mass is 16.8. The predicted octanol–water partition coefficient (Wildman–Crippen LogP) is 3.41. The second-order valence-electron chi connectivity index (χ2n) is 14.7. The van der Waals surface area contributed by atoms with Crippen LogP contribution in [-0.4, -0.2) is 124 Å². The summed E-state index contributed by atoms with van der Waals surface area (Å²) in [5, 5.41) is 40.7. The molecule has 2 spiro atoms. The van der Waals surface area contributed by atoms with Gasteiger partial charge in [-0.25, -0.2) is 0 Å². The fourth-order valence-electron chi connectivity index (χ4n) is 8.46. The van der Waals surface area contributed by atoms with Gasteiger partial charge < -0.3 is 58.3 Å². The first-order chi connectivity index (χ1) is 22.5. The smallest absolute Gasteiger partial charge is 0.169 e. The first kappa shape index (κ1) is 38.2. The van der Waals surface area contributed by atoms with Crippen molar-refractivity contribution >= 4 is 0 Å². The average molecular weight is 685 g/mol. The molecule has 12 atom stereocenters. The molecule has 0 aromatic rings. The Morgan fingerprint density at radius 2 is 1.17 bits per heavy atom. The third-order valence-corrected chi connectivity index (χ3v) is 10.8. The Morgan fingerprint density at radius 1 is 0.688 bits per heavy atom.